The lowest BCUT2D eigenvalue weighted by Crippen LogP contribution is -2.34. The fourth-order valence-corrected chi connectivity index (χ4v) is 5.00. The Hall–Kier alpha value is 0. The Kier molecular flexibility index (Phi) is 8.19. The van der Waals surface area contributed by atoms with Gasteiger partial charge in [-0.15, -0.1) is 0 Å². The van der Waals surface area contributed by atoms with Crippen LogP contribution in [0.5, 0.6) is 0 Å². The van der Waals surface area contributed by atoms with Gasteiger partial charge in [0.05, 0.1) is 0 Å². The van der Waals surface area contributed by atoms with E-state index in [4.69, 9.17) is 0 Å². The first-order valence-corrected chi connectivity index (χ1v) is 10.2. The topological polar surface area (TPSA) is 0 Å². The maximum atomic E-state index is 2.73. The molecule has 0 N–H and O–H groups in total. The molecular formula is C21H39. The van der Waals surface area contributed by atoms with Crippen LogP contribution in [0.4, 0.5) is 0 Å². The van der Waals surface area contributed by atoms with Crippen LogP contribution in [-0.4, -0.2) is 0 Å². The molecule has 2 aliphatic carbocycles. The monoisotopic (exact) mass is 291 g/mol. The predicted octanol–water partition coefficient (Wildman–Crippen LogP) is 7.47. The zero-order valence-electron chi connectivity index (χ0n) is 14.7. The molecule has 2 fully saturated rings. The molecule has 2 aliphatic rings. The normalized spacial score (nSPS) is 23.3. The largest absolute Gasteiger partial charge is 0.0654 e. The van der Waals surface area contributed by atoms with Gasteiger partial charge in [-0.05, 0) is 49.9 Å². The molecule has 21 heavy (non-hydrogen) atoms. The van der Waals surface area contributed by atoms with E-state index in [-0.39, 0.29) is 0 Å². The van der Waals surface area contributed by atoms with Crippen LogP contribution in [0.25, 0.3) is 0 Å². The molecule has 1 radical (unpaired) electrons. The highest BCUT2D eigenvalue weighted by atomic mass is 14.4. The Bertz CT molecular complexity index is 243. The first kappa shape index (κ1) is 17.4. The van der Waals surface area contributed by atoms with Crippen LogP contribution < -0.4 is 0 Å². The van der Waals surface area contributed by atoms with Crippen molar-refractivity contribution >= 4 is 0 Å². The molecule has 0 aliphatic heterocycles. The molecule has 1 atom stereocenters. The van der Waals surface area contributed by atoms with Crippen molar-refractivity contribution in [3.8, 4) is 0 Å². The molecule has 2 rings (SSSR count). The standard InChI is InChI=1S/C21H39/c1-2-3-4-5-6-7-12-17-21(18-13-9-14-19-21)20-15-10-8-11-16-20/h15,20H,2-14,16-19H2,1H3. The van der Waals surface area contributed by atoms with Crippen molar-refractivity contribution in [3.63, 3.8) is 0 Å². The van der Waals surface area contributed by atoms with Crippen LogP contribution in [0.3, 0.4) is 0 Å². The van der Waals surface area contributed by atoms with Gasteiger partial charge in [-0.2, -0.15) is 0 Å². The summed E-state index contributed by atoms with van der Waals surface area (Å²) in [5.41, 5.74) is 0.738. The third-order valence-electron chi connectivity index (χ3n) is 6.33. The summed E-state index contributed by atoms with van der Waals surface area (Å²) in [4.78, 5) is 0. The highest BCUT2D eigenvalue weighted by Gasteiger charge is 2.39. The van der Waals surface area contributed by atoms with Crippen molar-refractivity contribution in [1.29, 1.82) is 0 Å². The van der Waals surface area contributed by atoms with E-state index >= 15 is 0 Å². The third kappa shape index (κ3) is 5.61. The minimum atomic E-state index is 0.738. The second-order valence-corrected chi connectivity index (χ2v) is 7.92. The minimum Gasteiger partial charge on any atom is -0.0654 e. The first-order valence-electron chi connectivity index (χ1n) is 10.2. The van der Waals surface area contributed by atoms with Crippen LogP contribution >= 0.6 is 0 Å². The number of hydrogen-bond acceptors (Lipinski definition) is 0. The highest BCUT2D eigenvalue weighted by molar-refractivity contribution is 4.97. The summed E-state index contributed by atoms with van der Waals surface area (Å²) in [5.74, 6) is 0.978. The molecule has 0 bridgehead atoms. The quantitative estimate of drug-likeness (QED) is 0.386. The van der Waals surface area contributed by atoms with Gasteiger partial charge in [0.1, 0.15) is 0 Å². The van der Waals surface area contributed by atoms with E-state index in [1.807, 2.05) is 0 Å². The minimum absolute atomic E-state index is 0.738. The fraction of sp³-hybridized carbons (Fsp3) is 0.952. The van der Waals surface area contributed by atoms with Crippen molar-refractivity contribution in [1.82, 2.24) is 0 Å². The SMILES string of the molecule is CCCCCCCCCC1(C2[CH]CCCC2)CCCCC1. The second-order valence-electron chi connectivity index (χ2n) is 7.92. The van der Waals surface area contributed by atoms with Gasteiger partial charge < -0.3 is 0 Å². The highest BCUT2D eigenvalue weighted by Crippen LogP contribution is 2.51. The molecule has 123 valence electrons. The molecule has 0 aromatic heterocycles. The Morgan fingerprint density at radius 3 is 2.19 bits per heavy atom. The molecule has 0 saturated heterocycles. The maximum Gasteiger partial charge on any atom is -0.0266 e. The Labute approximate surface area is 134 Å². The molecule has 0 amide bonds. The average Bonchev–Trinajstić information content (AvgIpc) is 2.56. The van der Waals surface area contributed by atoms with Gasteiger partial charge in [0.15, 0.2) is 0 Å². The predicted molar refractivity (Wildman–Crippen MR) is 94.4 cm³/mol. The molecule has 0 heterocycles. The summed E-state index contributed by atoms with van der Waals surface area (Å²) < 4.78 is 0. The molecule has 0 aromatic rings. The maximum absolute atomic E-state index is 2.73. The zero-order chi connectivity index (χ0) is 14.8. The van der Waals surface area contributed by atoms with Crippen molar-refractivity contribution in [2.75, 3.05) is 0 Å². The third-order valence-corrected chi connectivity index (χ3v) is 6.33. The van der Waals surface area contributed by atoms with E-state index in [1.165, 1.54) is 89.9 Å². The molecule has 1 unspecified atom stereocenters. The van der Waals surface area contributed by atoms with Crippen LogP contribution in [-0.2, 0) is 0 Å². The summed E-state index contributed by atoms with van der Waals surface area (Å²) >= 11 is 0. The zero-order valence-corrected chi connectivity index (χ0v) is 14.7. The summed E-state index contributed by atoms with van der Waals surface area (Å²) in [7, 11) is 0. The summed E-state index contributed by atoms with van der Waals surface area (Å²) in [5, 5.41) is 0. The average molecular weight is 292 g/mol. The first-order chi connectivity index (χ1) is 10.4. The molecule has 0 heteroatoms. The van der Waals surface area contributed by atoms with E-state index in [0.29, 0.717) is 0 Å². The molecule has 0 spiro atoms. The van der Waals surface area contributed by atoms with E-state index < -0.39 is 0 Å². The van der Waals surface area contributed by atoms with Crippen molar-refractivity contribution in [3.05, 3.63) is 6.42 Å². The lowest BCUT2D eigenvalue weighted by molar-refractivity contribution is 0.0817. The Balaban J connectivity index is 1.71. The van der Waals surface area contributed by atoms with E-state index in [0.717, 1.165) is 11.3 Å². The van der Waals surface area contributed by atoms with E-state index in [2.05, 4.69) is 13.3 Å². The lowest BCUT2D eigenvalue weighted by atomic mass is 9.59. The van der Waals surface area contributed by atoms with Gasteiger partial charge in [0, 0.05) is 0 Å². The fourth-order valence-electron chi connectivity index (χ4n) is 5.00. The van der Waals surface area contributed by atoms with Gasteiger partial charge in [-0.3, -0.25) is 0 Å². The van der Waals surface area contributed by atoms with Crippen LogP contribution in [0, 0.1) is 17.8 Å². The van der Waals surface area contributed by atoms with Crippen molar-refractivity contribution in [2.45, 2.75) is 116 Å². The van der Waals surface area contributed by atoms with Gasteiger partial charge >= 0.3 is 0 Å². The number of hydrogen-bond donors (Lipinski definition) is 0. The molecular weight excluding hydrogens is 252 g/mol. The van der Waals surface area contributed by atoms with E-state index in [1.54, 1.807) is 19.3 Å². The van der Waals surface area contributed by atoms with Gasteiger partial charge in [0.2, 0.25) is 0 Å². The smallest absolute Gasteiger partial charge is 0.0266 e. The molecule has 0 nitrogen and oxygen atoms in total. The summed E-state index contributed by atoms with van der Waals surface area (Å²) in [6.07, 6.45) is 28.1. The molecule has 2 saturated carbocycles. The summed E-state index contributed by atoms with van der Waals surface area (Å²) in [6, 6.07) is 0. The van der Waals surface area contributed by atoms with Crippen molar-refractivity contribution in [2.24, 2.45) is 11.3 Å². The number of rotatable bonds is 9. The Morgan fingerprint density at radius 2 is 1.52 bits per heavy atom. The van der Waals surface area contributed by atoms with E-state index in [9.17, 15) is 0 Å². The van der Waals surface area contributed by atoms with Gasteiger partial charge in [0.25, 0.3) is 0 Å². The van der Waals surface area contributed by atoms with Crippen LogP contribution in [0.2, 0.25) is 0 Å². The molecule has 0 aromatic carbocycles. The van der Waals surface area contributed by atoms with Gasteiger partial charge in [-0.1, -0.05) is 84.0 Å². The van der Waals surface area contributed by atoms with Gasteiger partial charge in [-0.25, -0.2) is 0 Å². The Morgan fingerprint density at radius 1 is 0.810 bits per heavy atom. The van der Waals surface area contributed by atoms with Crippen LogP contribution in [0.1, 0.15) is 116 Å². The van der Waals surface area contributed by atoms with Crippen molar-refractivity contribution < 1.29 is 0 Å². The number of unbranched alkanes of at least 4 members (excludes halogenated alkanes) is 6. The lowest BCUT2D eigenvalue weighted by Gasteiger charge is -2.46. The van der Waals surface area contributed by atoms with Crippen LogP contribution in [0.15, 0.2) is 0 Å². The second kappa shape index (κ2) is 9.90. The summed E-state index contributed by atoms with van der Waals surface area (Å²) in [6.45, 7) is 2.31.